The van der Waals surface area contributed by atoms with E-state index < -0.39 is 0 Å². The summed E-state index contributed by atoms with van der Waals surface area (Å²) in [4.78, 5) is 2.55. The van der Waals surface area contributed by atoms with Gasteiger partial charge in [-0.25, -0.2) is 0 Å². The number of rotatable bonds is 3. The highest BCUT2D eigenvalue weighted by atomic mass is 16.5. The van der Waals surface area contributed by atoms with Crippen molar-refractivity contribution in [3.05, 3.63) is 0 Å². The van der Waals surface area contributed by atoms with E-state index in [0.717, 1.165) is 19.1 Å². The summed E-state index contributed by atoms with van der Waals surface area (Å²) in [5, 5.41) is 0. The molecule has 0 saturated carbocycles. The summed E-state index contributed by atoms with van der Waals surface area (Å²) < 4.78 is 5.14. The first-order valence-electron chi connectivity index (χ1n) is 6.25. The van der Waals surface area contributed by atoms with Crippen LogP contribution in [0.5, 0.6) is 0 Å². The van der Waals surface area contributed by atoms with Crippen molar-refractivity contribution < 1.29 is 4.74 Å². The standard InChI is InChI=1S/C13H27NO/c1-13(2,3)12-6-5-8-14(9-7-12)10-11-15-4/h12H,5-11H2,1-4H3. The van der Waals surface area contributed by atoms with E-state index in [0.29, 0.717) is 5.41 Å². The average Bonchev–Trinajstić information content (AvgIpc) is 2.38. The topological polar surface area (TPSA) is 12.5 Å². The van der Waals surface area contributed by atoms with Gasteiger partial charge in [-0.15, -0.1) is 0 Å². The predicted octanol–water partition coefficient (Wildman–Crippen LogP) is 2.78. The van der Waals surface area contributed by atoms with Crippen LogP contribution in [0.1, 0.15) is 40.0 Å². The number of methoxy groups -OCH3 is 1. The molecule has 0 aliphatic carbocycles. The molecular formula is C13H27NO. The van der Waals surface area contributed by atoms with Gasteiger partial charge >= 0.3 is 0 Å². The SMILES string of the molecule is COCCN1CCCC(C(C)(C)C)CC1. The normalized spacial score (nSPS) is 25.2. The van der Waals surface area contributed by atoms with Crippen LogP contribution in [0.25, 0.3) is 0 Å². The molecule has 0 aromatic heterocycles. The van der Waals surface area contributed by atoms with Crippen molar-refractivity contribution in [1.29, 1.82) is 0 Å². The van der Waals surface area contributed by atoms with Crippen molar-refractivity contribution in [2.75, 3.05) is 33.4 Å². The molecule has 0 aromatic carbocycles. The maximum atomic E-state index is 5.14. The van der Waals surface area contributed by atoms with E-state index in [-0.39, 0.29) is 0 Å². The van der Waals surface area contributed by atoms with Gasteiger partial charge in [-0.1, -0.05) is 20.8 Å². The van der Waals surface area contributed by atoms with E-state index >= 15 is 0 Å². The van der Waals surface area contributed by atoms with Crippen LogP contribution < -0.4 is 0 Å². The molecule has 0 radical (unpaired) electrons. The maximum Gasteiger partial charge on any atom is 0.0589 e. The zero-order chi connectivity index (χ0) is 11.3. The van der Waals surface area contributed by atoms with Crippen molar-refractivity contribution >= 4 is 0 Å². The van der Waals surface area contributed by atoms with Gasteiger partial charge in [-0.3, -0.25) is 0 Å². The Morgan fingerprint density at radius 1 is 1.20 bits per heavy atom. The lowest BCUT2D eigenvalue weighted by molar-refractivity contribution is 0.146. The summed E-state index contributed by atoms with van der Waals surface area (Å²) >= 11 is 0. The molecule has 0 aromatic rings. The summed E-state index contributed by atoms with van der Waals surface area (Å²) in [7, 11) is 1.79. The quantitative estimate of drug-likeness (QED) is 0.715. The fourth-order valence-corrected chi connectivity index (χ4v) is 2.47. The van der Waals surface area contributed by atoms with Gasteiger partial charge in [0.25, 0.3) is 0 Å². The third kappa shape index (κ3) is 4.52. The summed E-state index contributed by atoms with van der Waals surface area (Å²) in [6, 6.07) is 0. The molecule has 0 N–H and O–H groups in total. The van der Waals surface area contributed by atoms with E-state index in [1.165, 1.54) is 32.4 Å². The zero-order valence-electron chi connectivity index (χ0n) is 10.9. The van der Waals surface area contributed by atoms with Crippen molar-refractivity contribution in [2.45, 2.75) is 40.0 Å². The molecule has 0 spiro atoms. The van der Waals surface area contributed by atoms with Gasteiger partial charge in [-0.2, -0.15) is 0 Å². The van der Waals surface area contributed by atoms with Gasteiger partial charge in [0.15, 0.2) is 0 Å². The van der Waals surface area contributed by atoms with Crippen molar-refractivity contribution in [1.82, 2.24) is 4.90 Å². The molecule has 1 saturated heterocycles. The van der Waals surface area contributed by atoms with Gasteiger partial charge in [0, 0.05) is 13.7 Å². The van der Waals surface area contributed by atoms with Crippen LogP contribution in [0.2, 0.25) is 0 Å². The lowest BCUT2D eigenvalue weighted by atomic mass is 9.77. The third-order valence-corrected chi connectivity index (χ3v) is 3.66. The Bertz CT molecular complexity index is 174. The molecule has 1 unspecified atom stereocenters. The Kier molecular flexibility index (Phi) is 5.07. The number of nitrogens with zero attached hydrogens (tertiary/aromatic N) is 1. The summed E-state index contributed by atoms with van der Waals surface area (Å²) in [6.07, 6.45) is 4.10. The summed E-state index contributed by atoms with van der Waals surface area (Å²) in [6.45, 7) is 11.6. The van der Waals surface area contributed by atoms with Crippen LogP contribution in [-0.2, 0) is 4.74 Å². The van der Waals surface area contributed by atoms with Crippen LogP contribution in [0.15, 0.2) is 0 Å². The van der Waals surface area contributed by atoms with Gasteiger partial charge in [0.05, 0.1) is 6.61 Å². The van der Waals surface area contributed by atoms with E-state index in [1.54, 1.807) is 7.11 Å². The molecule has 0 bridgehead atoms. The molecule has 1 rings (SSSR count). The second-order valence-electron chi connectivity index (χ2n) is 5.83. The fourth-order valence-electron chi connectivity index (χ4n) is 2.47. The highest BCUT2D eigenvalue weighted by Gasteiger charge is 2.26. The number of ether oxygens (including phenoxy) is 1. The molecule has 2 nitrogen and oxygen atoms in total. The molecule has 1 aliphatic heterocycles. The second-order valence-corrected chi connectivity index (χ2v) is 5.83. The number of hydrogen-bond acceptors (Lipinski definition) is 2. The van der Waals surface area contributed by atoms with Crippen LogP contribution in [0, 0.1) is 11.3 Å². The molecule has 90 valence electrons. The summed E-state index contributed by atoms with van der Waals surface area (Å²) in [5.41, 5.74) is 0.483. The van der Waals surface area contributed by atoms with Crippen LogP contribution in [0.4, 0.5) is 0 Å². The number of likely N-dealkylation sites (tertiary alicyclic amines) is 1. The smallest absolute Gasteiger partial charge is 0.0589 e. The largest absolute Gasteiger partial charge is 0.383 e. The Balaban J connectivity index is 2.35. The third-order valence-electron chi connectivity index (χ3n) is 3.66. The lowest BCUT2D eigenvalue weighted by Gasteiger charge is -2.29. The zero-order valence-corrected chi connectivity index (χ0v) is 10.9. The van der Waals surface area contributed by atoms with E-state index in [2.05, 4.69) is 25.7 Å². The van der Waals surface area contributed by atoms with Crippen LogP contribution >= 0.6 is 0 Å². The molecule has 1 aliphatic rings. The minimum atomic E-state index is 0.483. The Hall–Kier alpha value is -0.0800. The predicted molar refractivity (Wildman–Crippen MR) is 65.1 cm³/mol. The first kappa shape index (κ1) is 13.0. The van der Waals surface area contributed by atoms with Crippen LogP contribution in [-0.4, -0.2) is 38.3 Å². The average molecular weight is 213 g/mol. The minimum absolute atomic E-state index is 0.483. The molecule has 15 heavy (non-hydrogen) atoms. The minimum Gasteiger partial charge on any atom is -0.383 e. The highest BCUT2D eigenvalue weighted by molar-refractivity contribution is 4.78. The van der Waals surface area contributed by atoms with E-state index in [9.17, 15) is 0 Å². The molecule has 1 atom stereocenters. The lowest BCUT2D eigenvalue weighted by Crippen LogP contribution is -2.29. The van der Waals surface area contributed by atoms with Crippen molar-refractivity contribution in [3.8, 4) is 0 Å². The highest BCUT2D eigenvalue weighted by Crippen LogP contribution is 2.34. The van der Waals surface area contributed by atoms with E-state index in [4.69, 9.17) is 4.74 Å². The molecule has 0 amide bonds. The van der Waals surface area contributed by atoms with E-state index in [1.807, 2.05) is 0 Å². The second kappa shape index (κ2) is 5.86. The summed E-state index contributed by atoms with van der Waals surface area (Å²) in [5.74, 6) is 0.894. The van der Waals surface area contributed by atoms with Gasteiger partial charge in [-0.05, 0) is 43.7 Å². The molecule has 1 fully saturated rings. The molecular weight excluding hydrogens is 186 g/mol. The van der Waals surface area contributed by atoms with Gasteiger partial charge in [0.1, 0.15) is 0 Å². The first-order valence-corrected chi connectivity index (χ1v) is 6.25. The Morgan fingerprint density at radius 3 is 2.53 bits per heavy atom. The number of hydrogen-bond donors (Lipinski definition) is 0. The Labute approximate surface area is 95.0 Å². The maximum absolute atomic E-state index is 5.14. The molecule has 2 heteroatoms. The van der Waals surface area contributed by atoms with Crippen molar-refractivity contribution in [3.63, 3.8) is 0 Å². The van der Waals surface area contributed by atoms with Crippen molar-refractivity contribution in [2.24, 2.45) is 11.3 Å². The molecule has 1 heterocycles. The monoisotopic (exact) mass is 213 g/mol. The van der Waals surface area contributed by atoms with Gasteiger partial charge in [0.2, 0.25) is 0 Å². The fraction of sp³-hybridized carbons (Fsp3) is 1.00. The Morgan fingerprint density at radius 2 is 1.93 bits per heavy atom. The first-order chi connectivity index (χ1) is 7.04. The van der Waals surface area contributed by atoms with Crippen LogP contribution in [0.3, 0.4) is 0 Å². The van der Waals surface area contributed by atoms with Gasteiger partial charge < -0.3 is 9.64 Å².